The molecule has 0 bridgehead atoms. The molecular formula is C11H14F2O. The zero-order valence-corrected chi connectivity index (χ0v) is 8.34. The minimum absolute atomic E-state index is 0.0909. The molecule has 1 nitrogen and oxygen atoms in total. The van der Waals surface area contributed by atoms with Crippen molar-refractivity contribution in [3.63, 3.8) is 0 Å². The van der Waals surface area contributed by atoms with Gasteiger partial charge in [0.25, 0.3) is 0 Å². The summed E-state index contributed by atoms with van der Waals surface area (Å²) < 4.78 is 29.2. The van der Waals surface area contributed by atoms with Gasteiger partial charge in [0.15, 0.2) is 0 Å². The molecule has 0 saturated heterocycles. The highest BCUT2D eigenvalue weighted by atomic mass is 19.3. The monoisotopic (exact) mass is 200 g/mol. The first kappa shape index (κ1) is 11.0. The van der Waals surface area contributed by atoms with Gasteiger partial charge in [-0.3, -0.25) is 0 Å². The van der Waals surface area contributed by atoms with Crippen LogP contribution in [0.15, 0.2) is 24.3 Å². The fraction of sp³-hybridized carbons (Fsp3) is 0.455. The lowest BCUT2D eigenvalue weighted by atomic mass is 9.98. The lowest BCUT2D eigenvalue weighted by molar-refractivity contribution is 0.130. The van der Waals surface area contributed by atoms with E-state index in [0.717, 1.165) is 11.3 Å². The standard InChI is InChI=1S/C11H14F2O/c1-8(7-11(12)13)9-3-5-10(14-2)6-4-9/h3-6,8,11H,7H2,1-2H3. The molecule has 0 amide bonds. The Morgan fingerprint density at radius 2 is 1.79 bits per heavy atom. The molecule has 1 unspecified atom stereocenters. The van der Waals surface area contributed by atoms with Crippen LogP contribution in [0.3, 0.4) is 0 Å². The number of methoxy groups -OCH3 is 1. The SMILES string of the molecule is COc1ccc(C(C)CC(F)F)cc1. The lowest BCUT2D eigenvalue weighted by Gasteiger charge is -2.11. The van der Waals surface area contributed by atoms with Gasteiger partial charge >= 0.3 is 0 Å². The van der Waals surface area contributed by atoms with Crippen LogP contribution in [-0.2, 0) is 0 Å². The van der Waals surface area contributed by atoms with Crippen molar-refractivity contribution >= 4 is 0 Å². The van der Waals surface area contributed by atoms with Crippen LogP contribution in [0.2, 0.25) is 0 Å². The van der Waals surface area contributed by atoms with E-state index < -0.39 is 6.43 Å². The van der Waals surface area contributed by atoms with Crippen molar-refractivity contribution in [3.8, 4) is 5.75 Å². The quantitative estimate of drug-likeness (QED) is 0.723. The van der Waals surface area contributed by atoms with Crippen LogP contribution in [-0.4, -0.2) is 13.5 Å². The first-order valence-electron chi connectivity index (χ1n) is 4.55. The van der Waals surface area contributed by atoms with Crippen LogP contribution < -0.4 is 4.74 Å². The molecule has 0 fully saturated rings. The summed E-state index contributed by atoms with van der Waals surface area (Å²) in [4.78, 5) is 0. The average molecular weight is 200 g/mol. The van der Waals surface area contributed by atoms with Crippen molar-refractivity contribution in [3.05, 3.63) is 29.8 Å². The van der Waals surface area contributed by atoms with Crippen LogP contribution in [0.4, 0.5) is 8.78 Å². The molecule has 1 rings (SSSR count). The summed E-state index contributed by atoms with van der Waals surface area (Å²) in [6.45, 7) is 1.80. The van der Waals surface area contributed by atoms with Crippen molar-refractivity contribution in [1.82, 2.24) is 0 Å². The molecule has 3 heteroatoms. The van der Waals surface area contributed by atoms with E-state index in [2.05, 4.69) is 0 Å². The second-order valence-corrected chi connectivity index (χ2v) is 3.30. The van der Waals surface area contributed by atoms with Gasteiger partial charge in [-0.25, -0.2) is 8.78 Å². The van der Waals surface area contributed by atoms with Gasteiger partial charge in [0.2, 0.25) is 6.43 Å². The number of rotatable bonds is 4. The molecule has 0 saturated carbocycles. The highest BCUT2D eigenvalue weighted by Crippen LogP contribution is 2.24. The molecule has 14 heavy (non-hydrogen) atoms. The van der Waals surface area contributed by atoms with Gasteiger partial charge < -0.3 is 4.74 Å². The normalized spacial score (nSPS) is 12.9. The van der Waals surface area contributed by atoms with Crippen LogP contribution >= 0.6 is 0 Å². The molecular weight excluding hydrogens is 186 g/mol. The third kappa shape index (κ3) is 2.98. The third-order valence-electron chi connectivity index (χ3n) is 2.22. The summed E-state index contributed by atoms with van der Waals surface area (Å²) in [6, 6.07) is 7.23. The van der Waals surface area contributed by atoms with Crippen molar-refractivity contribution in [2.24, 2.45) is 0 Å². The van der Waals surface area contributed by atoms with Gasteiger partial charge in [0.1, 0.15) is 5.75 Å². The van der Waals surface area contributed by atoms with Gasteiger partial charge in [-0.05, 0) is 23.6 Å². The number of hydrogen-bond donors (Lipinski definition) is 0. The molecule has 0 aromatic heterocycles. The van der Waals surface area contributed by atoms with Crippen LogP contribution in [0.5, 0.6) is 5.75 Å². The number of hydrogen-bond acceptors (Lipinski definition) is 1. The maximum absolute atomic E-state index is 12.1. The Balaban J connectivity index is 2.66. The Kier molecular flexibility index (Phi) is 3.86. The Morgan fingerprint density at radius 1 is 1.21 bits per heavy atom. The Morgan fingerprint density at radius 3 is 2.21 bits per heavy atom. The summed E-state index contributed by atoms with van der Waals surface area (Å²) in [5.41, 5.74) is 0.922. The van der Waals surface area contributed by atoms with Crippen molar-refractivity contribution in [1.29, 1.82) is 0 Å². The maximum Gasteiger partial charge on any atom is 0.239 e. The first-order chi connectivity index (χ1) is 6.63. The van der Waals surface area contributed by atoms with Crippen molar-refractivity contribution in [2.75, 3.05) is 7.11 Å². The van der Waals surface area contributed by atoms with E-state index in [1.165, 1.54) is 0 Å². The van der Waals surface area contributed by atoms with E-state index in [-0.39, 0.29) is 12.3 Å². The Hall–Kier alpha value is -1.12. The predicted octanol–water partition coefficient (Wildman–Crippen LogP) is 3.45. The topological polar surface area (TPSA) is 9.23 Å². The summed E-state index contributed by atoms with van der Waals surface area (Å²) in [7, 11) is 1.58. The summed E-state index contributed by atoms with van der Waals surface area (Å²) in [6.07, 6.45) is -2.33. The second-order valence-electron chi connectivity index (χ2n) is 3.30. The van der Waals surface area contributed by atoms with E-state index in [4.69, 9.17) is 4.74 Å². The van der Waals surface area contributed by atoms with Crippen molar-refractivity contribution in [2.45, 2.75) is 25.7 Å². The average Bonchev–Trinajstić information content (AvgIpc) is 2.17. The molecule has 0 radical (unpaired) electrons. The van der Waals surface area contributed by atoms with Gasteiger partial charge in [-0.1, -0.05) is 19.1 Å². The van der Waals surface area contributed by atoms with E-state index >= 15 is 0 Å². The minimum atomic E-state index is -2.24. The molecule has 0 aliphatic rings. The summed E-state index contributed by atoms with van der Waals surface area (Å²) in [5, 5.41) is 0. The number of halogens is 2. The van der Waals surface area contributed by atoms with E-state index in [9.17, 15) is 8.78 Å². The van der Waals surface area contributed by atoms with Crippen LogP contribution in [0, 0.1) is 0 Å². The third-order valence-corrected chi connectivity index (χ3v) is 2.22. The molecule has 0 spiro atoms. The van der Waals surface area contributed by atoms with E-state index in [1.54, 1.807) is 26.2 Å². The predicted molar refractivity (Wildman–Crippen MR) is 52.0 cm³/mol. The summed E-state index contributed by atoms with van der Waals surface area (Å²) in [5.74, 6) is 0.638. The van der Waals surface area contributed by atoms with Crippen LogP contribution in [0.1, 0.15) is 24.8 Å². The van der Waals surface area contributed by atoms with Gasteiger partial charge in [0.05, 0.1) is 7.11 Å². The second kappa shape index (κ2) is 4.94. The molecule has 78 valence electrons. The fourth-order valence-electron chi connectivity index (χ4n) is 1.34. The number of alkyl halides is 2. The molecule has 1 aromatic carbocycles. The Labute approximate surface area is 82.7 Å². The van der Waals surface area contributed by atoms with E-state index in [1.807, 2.05) is 12.1 Å². The van der Waals surface area contributed by atoms with Gasteiger partial charge in [0, 0.05) is 6.42 Å². The lowest BCUT2D eigenvalue weighted by Crippen LogP contribution is -2.00. The number of benzene rings is 1. The molecule has 1 atom stereocenters. The molecule has 0 aliphatic carbocycles. The first-order valence-corrected chi connectivity index (χ1v) is 4.55. The highest BCUT2D eigenvalue weighted by molar-refractivity contribution is 5.29. The van der Waals surface area contributed by atoms with E-state index in [0.29, 0.717) is 0 Å². The molecule has 0 N–H and O–H groups in total. The van der Waals surface area contributed by atoms with Crippen LogP contribution in [0.25, 0.3) is 0 Å². The highest BCUT2D eigenvalue weighted by Gasteiger charge is 2.11. The number of ether oxygens (including phenoxy) is 1. The Bertz CT molecular complexity index is 269. The van der Waals surface area contributed by atoms with Gasteiger partial charge in [-0.15, -0.1) is 0 Å². The largest absolute Gasteiger partial charge is 0.497 e. The molecule has 1 aromatic rings. The smallest absolute Gasteiger partial charge is 0.239 e. The van der Waals surface area contributed by atoms with Gasteiger partial charge in [-0.2, -0.15) is 0 Å². The zero-order valence-electron chi connectivity index (χ0n) is 8.34. The van der Waals surface area contributed by atoms with Crippen molar-refractivity contribution < 1.29 is 13.5 Å². The fourth-order valence-corrected chi connectivity index (χ4v) is 1.34. The maximum atomic E-state index is 12.1. The molecule has 0 aliphatic heterocycles. The minimum Gasteiger partial charge on any atom is -0.497 e. The summed E-state index contributed by atoms with van der Waals surface area (Å²) >= 11 is 0. The molecule has 0 heterocycles. The zero-order chi connectivity index (χ0) is 10.6.